The van der Waals surface area contributed by atoms with Crippen molar-refractivity contribution in [2.45, 2.75) is 83.8 Å². The van der Waals surface area contributed by atoms with Crippen LogP contribution in [-0.2, 0) is 30.0 Å². The van der Waals surface area contributed by atoms with Gasteiger partial charge in [0, 0.05) is 38.1 Å². The summed E-state index contributed by atoms with van der Waals surface area (Å²) in [5.74, 6) is 0.808. The smallest absolute Gasteiger partial charge is 0.344 e. The highest BCUT2D eigenvalue weighted by atomic mass is 32.2. The number of allylic oxidation sites excluding steroid dienone is 4. The fourth-order valence-corrected chi connectivity index (χ4v) is 13.9. The lowest BCUT2D eigenvalue weighted by Gasteiger charge is -2.29. The van der Waals surface area contributed by atoms with Crippen molar-refractivity contribution < 1.29 is 33.3 Å². The lowest BCUT2D eigenvalue weighted by atomic mass is 9.89. The number of carbonyl (C=O) groups excluding carboxylic acids is 3. The highest BCUT2D eigenvalue weighted by Crippen LogP contribution is 2.49. The average Bonchev–Trinajstić information content (AvgIpc) is 3.36. The van der Waals surface area contributed by atoms with Crippen LogP contribution < -0.4 is 9.47 Å². The Morgan fingerprint density at radius 2 is 1.29 bits per heavy atom. The fraction of sp³-hybridized carbons (Fsp3) is 0.233. The predicted molar refractivity (Wildman–Crippen MR) is 278 cm³/mol. The van der Waals surface area contributed by atoms with Gasteiger partial charge in [0.1, 0.15) is 22.4 Å². The number of carbonyl (C=O) groups is 3. The molecule has 0 N–H and O–H groups in total. The second-order valence-corrected chi connectivity index (χ2v) is 22.0. The zero-order valence-electron chi connectivity index (χ0n) is 39.8. The second-order valence-electron chi connectivity index (χ2n) is 18.1. The molecule has 0 saturated carbocycles. The number of hydrogen-bond acceptors (Lipinski definition) is 7. The first-order valence-corrected chi connectivity index (χ1v) is 26.1. The van der Waals surface area contributed by atoms with Crippen LogP contribution >= 0.6 is 10.5 Å². The molecule has 2 heterocycles. The predicted octanol–water partition coefficient (Wildman–Crippen LogP) is 13.5. The number of rotatable bonds is 16. The van der Waals surface area contributed by atoms with Gasteiger partial charge in [0.2, 0.25) is 0 Å². The van der Waals surface area contributed by atoms with Gasteiger partial charge < -0.3 is 18.9 Å². The van der Waals surface area contributed by atoms with Gasteiger partial charge in [-0.3, -0.25) is 4.79 Å². The van der Waals surface area contributed by atoms with Gasteiger partial charge in [-0.25, -0.2) is 9.59 Å². The maximum absolute atomic E-state index is 13.7. The molecule has 1 aliphatic carbocycles. The normalized spacial score (nSPS) is 16.7. The van der Waals surface area contributed by atoms with Crippen molar-refractivity contribution in [2.24, 2.45) is 5.92 Å². The number of hydrogen-bond donors (Lipinski definition) is 0. The maximum atomic E-state index is 13.7. The summed E-state index contributed by atoms with van der Waals surface area (Å²) in [4.78, 5) is 46.2. The van der Waals surface area contributed by atoms with Crippen LogP contribution in [-0.4, -0.2) is 49.0 Å². The van der Waals surface area contributed by atoms with Gasteiger partial charge in [-0.1, -0.05) is 113 Å². The summed E-state index contributed by atoms with van der Waals surface area (Å²) in [5.41, 5.74) is 9.39. The molecular weight excluding hydrogens is 897 g/mol. The standard InChI is InChI=1S/C60H57O7S2/c1-38(2)43-22-28-56-49(33-43)41(6)47-18-10-12-20-54(47)69(56)46-25-27-53(50(35-46)42-16-8-7-9-17-42)67-37-59(62)65-31-15-14-30-64-58(61)36-66-52-26-24-45(32-40(52)5)68-55-21-13-11-19-48(55)60(63)51-34-44(39(3)4)23-29-57(51)68/h7-13,16-29,32-35,38-39,48H,6,14-15,30-31,36-37H2,1-5H3/q+1. The largest absolute Gasteiger partial charge is 0.482 e. The highest BCUT2D eigenvalue weighted by Gasteiger charge is 2.40. The van der Waals surface area contributed by atoms with Crippen molar-refractivity contribution in [2.75, 3.05) is 26.4 Å². The van der Waals surface area contributed by atoms with E-state index in [9.17, 15) is 14.4 Å². The molecule has 350 valence electrons. The minimum atomic E-state index is -0.479. The summed E-state index contributed by atoms with van der Waals surface area (Å²) in [6.07, 6.45) is 9.07. The van der Waals surface area contributed by atoms with Crippen LogP contribution in [0.4, 0.5) is 0 Å². The third-order valence-electron chi connectivity index (χ3n) is 12.7. The summed E-state index contributed by atoms with van der Waals surface area (Å²) in [7, 11) is -0.843. The SMILES string of the molecule is C=C1c2ccccc2[S+](c2ccc(OCC(=O)OCCCCOC(=O)COc3ccc(S4=C5C=CC=CC5C(=O)c5cc(C(C)C)ccc54)cc3C)c(-c3ccccc3)c2)c2ccc(C(C)C)cc21. The number of benzene rings is 6. The molecule has 3 aliphatic rings. The van der Waals surface area contributed by atoms with Gasteiger partial charge >= 0.3 is 11.9 Å². The van der Waals surface area contributed by atoms with E-state index in [0.717, 1.165) is 58.5 Å². The Morgan fingerprint density at radius 3 is 2.00 bits per heavy atom. The number of ether oxygens (including phenoxy) is 4. The van der Waals surface area contributed by atoms with Crippen molar-refractivity contribution in [3.05, 3.63) is 192 Å². The Hall–Kier alpha value is -6.68. The van der Waals surface area contributed by atoms with Crippen LogP contribution in [0.3, 0.4) is 0 Å². The summed E-state index contributed by atoms with van der Waals surface area (Å²) < 4.78 is 23.1. The van der Waals surface area contributed by atoms with E-state index >= 15 is 0 Å². The number of Topliss-reactive ketones (excluding diaryl/α,β-unsaturated/α-hetero) is 1. The van der Waals surface area contributed by atoms with E-state index in [1.54, 1.807) is 0 Å². The van der Waals surface area contributed by atoms with E-state index in [0.29, 0.717) is 36.2 Å². The Morgan fingerprint density at radius 1 is 0.652 bits per heavy atom. The number of unbranched alkanes of at least 4 members (excludes halogenated alkanes) is 1. The van der Waals surface area contributed by atoms with Crippen LogP contribution in [0.2, 0.25) is 0 Å². The van der Waals surface area contributed by atoms with Crippen LogP contribution in [0.5, 0.6) is 11.5 Å². The van der Waals surface area contributed by atoms with Crippen LogP contribution in [0.25, 0.3) is 16.7 Å². The molecule has 3 unspecified atom stereocenters. The van der Waals surface area contributed by atoms with Crippen molar-refractivity contribution in [1.29, 1.82) is 0 Å². The molecule has 6 aromatic rings. The molecule has 0 aromatic heterocycles. The average molecular weight is 954 g/mol. The van der Waals surface area contributed by atoms with Gasteiger partial charge in [0.15, 0.2) is 33.7 Å². The molecule has 2 aliphatic heterocycles. The topological polar surface area (TPSA) is 88.1 Å². The third-order valence-corrected chi connectivity index (χ3v) is 17.4. The van der Waals surface area contributed by atoms with Crippen LogP contribution in [0.15, 0.2) is 183 Å². The lowest BCUT2D eigenvalue weighted by molar-refractivity contribution is -0.148. The quantitative estimate of drug-likeness (QED) is 0.0413. The molecule has 0 spiro atoms. The molecule has 9 rings (SSSR count). The molecule has 0 saturated heterocycles. The van der Waals surface area contributed by atoms with Crippen LogP contribution in [0, 0.1) is 12.8 Å². The number of aryl methyl sites for hydroxylation is 1. The van der Waals surface area contributed by atoms with Crippen LogP contribution in [0.1, 0.15) is 90.5 Å². The zero-order valence-corrected chi connectivity index (χ0v) is 41.4. The number of ketones is 1. The van der Waals surface area contributed by atoms with E-state index in [1.165, 1.54) is 20.9 Å². The molecular formula is C60H57O7S2+. The Kier molecular flexibility index (Phi) is 14.4. The summed E-state index contributed by atoms with van der Waals surface area (Å²) in [5, 5.41) is 0. The first kappa shape index (κ1) is 47.4. The maximum Gasteiger partial charge on any atom is 0.344 e. The van der Waals surface area contributed by atoms with Gasteiger partial charge in [-0.15, -0.1) is 10.5 Å². The van der Waals surface area contributed by atoms with E-state index in [4.69, 9.17) is 18.9 Å². The molecule has 0 fully saturated rings. The Labute approximate surface area is 411 Å². The molecule has 0 radical (unpaired) electrons. The molecule has 9 heteroatoms. The van der Waals surface area contributed by atoms with Crippen molar-refractivity contribution in [3.63, 3.8) is 0 Å². The van der Waals surface area contributed by atoms with Gasteiger partial charge in [0.25, 0.3) is 0 Å². The minimum absolute atomic E-state index is 0.144. The molecule has 3 atom stereocenters. The number of esters is 2. The monoisotopic (exact) mass is 953 g/mol. The lowest BCUT2D eigenvalue weighted by Crippen LogP contribution is -2.27. The second kappa shape index (κ2) is 20.9. The van der Waals surface area contributed by atoms with E-state index < -0.39 is 33.3 Å². The highest BCUT2D eigenvalue weighted by molar-refractivity contribution is 8.16. The molecule has 7 nitrogen and oxygen atoms in total. The molecule has 69 heavy (non-hydrogen) atoms. The summed E-state index contributed by atoms with van der Waals surface area (Å²) >= 11 is 0. The fourth-order valence-electron chi connectivity index (χ4n) is 8.95. The molecule has 0 bridgehead atoms. The van der Waals surface area contributed by atoms with Crippen molar-refractivity contribution >= 4 is 49.5 Å². The van der Waals surface area contributed by atoms with E-state index in [2.05, 4.69) is 131 Å². The van der Waals surface area contributed by atoms with Gasteiger partial charge in [-0.05, 0) is 131 Å². The minimum Gasteiger partial charge on any atom is -0.482 e. The van der Waals surface area contributed by atoms with Crippen molar-refractivity contribution in [3.8, 4) is 22.6 Å². The van der Waals surface area contributed by atoms with E-state index in [-0.39, 0.29) is 38.1 Å². The van der Waals surface area contributed by atoms with Crippen molar-refractivity contribution in [1.82, 2.24) is 0 Å². The van der Waals surface area contributed by atoms with Gasteiger partial charge in [0.05, 0.1) is 19.1 Å². The molecule has 0 amide bonds. The summed E-state index contributed by atoms with van der Waals surface area (Å²) in [6.45, 7) is 15.1. The summed E-state index contributed by atoms with van der Waals surface area (Å²) in [6, 6.07) is 44.0. The Bertz CT molecular complexity index is 3070. The molecule has 6 aromatic carbocycles. The van der Waals surface area contributed by atoms with Gasteiger partial charge in [-0.2, -0.15) is 0 Å². The first-order valence-electron chi connectivity index (χ1n) is 23.6. The van der Waals surface area contributed by atoms with E-state index in [1.807, 2.05) is 61.5 Å². The third kappa shape index (κ3) is 10.1. The first-order chi connectivity index (χ1) is 33.5. The zero-order chi connectivity index (χ0) is 48.2. The number of fused-ring (bicyclic) bond motifs is 4. The Balaban J connectivity index is 0.770.